The van der Waals surface area contributed by atoms with Crippen LogP contribution in [-0.2, 0) is 0 Å². The molecule has 1 fully saturated rings. The second kappa shape index (κ2) is 8.40. The molecule has 1 saturated heterocycles. The Morgan fingerprint density at radius 1 is 1.03 bits per heavy atom. The topological polar surface area (TPSA) is 91.6 Å². The van der Waals surface area contributed by atoms with Gasteiger partial charge in [0.1, 0.15) is 23.5 Å². The molecule has 4 rings (SSSR count). The molecule has 0 aliphatic carbocycles. The third-order valence-electron chi connectivity index (χ3n) is 5.28. The van der Waals surface area contributed by atoms with E-state index in [1.807, 2.05) is 0 Å². The molecule has 0 spiro atoms. The van der Waals surface area contributed by atoms with Crippen molar-refractivity contribution in [1.82, 2.24) is 10.6 Å². The maximum atomic E-state index is 14.0. The highest BCUT2D eigenvalue weighted by atomic mass is 35.5. The molecule has 3 N–H and O–H groups in total. The summed E-state index contributed by atoms with van der Waals surface area (Å²) in [6.07, 6.45) is -5.36. The Labute approximate surface area is 195 Å². The van der Waals surface area contributed by atoms with E-state index in [-0.39, 0.29) is 22.1 Å². The van der Waals surface area contributed by atoms with Gasteiger partial charge in [0.2, 0.25) is 5.72 Å². The highest BCUT2D eigenvalue weighted by molar-refractivity contribution is 6.42. The Hall–Kier alpha value is -3.01. The summed E-state index contributed by atoms with van der Waals surface area (Å²) in [5.74, 6) is -3.19. The van der Waals surface area contributed by atoms with Crippen molar-refractivity contribution in [2.24, 2.45) is 5.92 Å². The van der Waals surface area contributed by atoms with E-state index >= 15 is 0 Å². The van der Waals surface area contributed by atoms with Crippen molar-refractivity contribution in [3.8, 4) is 11.3 Å². The van der Waals surface area contributed by atoms with E-state index in [2.05, 4.69) is 5.32 Å². The molecule has 1 aromatic heterocycles. The number of benzene rings is 2. The van der Waals surface area contributed by atoms with Crippen LogP contribution >= 0.6 is 23.2 Å². The average molecular weight is 499 g/mol. The molecule has 0 radical (unpaired) electrons. The van der Waals surface area contributed by atoms with Crippen molar-refractivity contribution in [2.45, 2.75) is 17.9 Å². The van der Waals surface area contributed by atoms with Gasteiger partial charge < -0.3 is 20.2 Å². The molecule has 2 amide bonds. The minimum absolute atomic E-state index is 0.0793. The van der Waals surface area contributed by atoms with Crippen molar-refractivity contribution in [3.63, 3.8) is 0 Å². The minimum Gasteiger partial charge on any atom is -0.459 e. The van der Waals surface area contributed by atoms with Gasteiger partial charge in [-0.1, -0.05) is 53.5 Å². The lowest BCUT2D eigenvalue weighted by Crippen LogP contribution is -2.72. The third kappa shape index (κ3) is 4.19. The molecule has 1 aliphatic heterocycles. The predicted molar refractivity (Wildman–Crippen MR) is 114 cm³/mol. The lowest BCUT2D eigenvalue weighted by molar-refractivity contribution is -0.288. The quantitative estimate of drug-likeness (QED) is 0.422. The molecule has 33 heavy (non-hydrogen) atoms. The summed E-state index contributed by atoms with van der Waals surface area (Å²) in [4.78, 5) is 25.3. The molecular weight excluding hydrogens is 484 g/mol. The fraction of sp³-hybridized carbons (Fsp3) is 0.182. The van der Waals surface area contributed by atoms with Gasteiger partial charge in [0.15, 0.2) is 5.78 Å². The van der Waals surface area contributed by atoms with Gasteiger partial charge in [0, 0.05) is 11.1 Å². The lowest BCUT2D eigenvalue weighted by atomic mass is 9.79. The van der Waals surface area contributed by atoms with Crippen LogP contribution in [0.25, 0.3) is 11.3 Å². The smallest absolute Gasteiger partial charge is 0.437 e. The van der Waals surface area contributed by atoms with E-state index in [0.29, 0.717) is 10.6 Å². The fourth-order valence-electron chi connectivity index (χ4n) is 3.68. The number of alkyl halides is 3. The molecule has 3 atom stereocenters. The van der Waals surface area contributed by atoms with Crippen LogP contribution in [0.5, 0.6) is 0 Å². The van der Waals surface area contributed by atoms with Gasteiger partial charge in [-0.2, -0.15) is 13.2 Å². The number of carbonyl (C=O) groups excluding carboxylic acids is 2. The molecule has 1 aliphatic rings. The predicted octanol–water partition coefficient (Wildman–Crippen LogP) is 5.36. The first-order valence-corrected chi connectivity index (χ1v) is 10.3. The molecule has 11 heteroatoms. The zero-order valence-corrected chi connectivity index (χ0v) is 18.0. The largest absolute Gasteiger partial charge is 0.459 e. The molecule has 6 nitrogen and oxygen atoms in total. The minimum atomic E-state index is -5.36. The molecule has 2 aromatic carbocycles. The highest BCUT2D eigenvalue weighted by Gasteiger charge is 2.66. The number of amides is 2. The summed E-state index contributed by atoms with van der Waals surface area (Å²) in [6.45, 7) is 0. The summed E-state index contributed by atoms with van der Waals surface area (Å²) in [7, 11) is 0. The number of Topliss-reactive ketones (excluding diaryl/α,β-unsaturated/α-hetero) is 1. The van der Waals surface area contributed by atoms with E-state index < -0.39 is 35.7 Å². The number of hydrogen-bond donors (Lipinski definition) is 3. The van der Waals surface area contributed by atoms with E-state index in [1.165, 1.54) is 53.8 Å². The first kappa shape index (κ1) is 23.2. The zero-order valence-electron chi connectivity index (χ0n) is 16.5. The van der Waals surface area contributed by atoms with Gasteiger partial charge in [0.25, 0.3) is 0 Å². The van der Waals surface area contributed by atoms with Crippen molar-refractivity contribution in [1.29, 1.82) is 0 Å². The third-order valence-corrected chi connectivity index (χ3v) is 6.02. The SMILES string of the molecule is O=C1N[C@H](c2ccc(-c3ccc(Cl)c(Cl)c3)o2)[C@@H](C(=O)c2ccccc2)[C@](O)(C(F)(F)F)N1. The van der Waals surface area contributed by atoms with Crippen molar-refractivity contribution in [3.05, 3.63) is 82.0 Å². The number of hydrogen-bond acceptors (Lipinski definition) is 4. The summed E-state index contributed by atoms with van der Waals surface area (Å²) in [5.41, 5.74) is -3.46. The molecule has 0 bridgehead atoms. The van der Waals surface area contributed by atoms with Crippen molar-refractivity contribution >= 4 is 35.0 Å². The Bertz CT molecular complexity index is 1220. The molecule has 2 heterocycles. The maximum absolute atomic E-state index is 14.0. The molecular formula is C22H15Cl2F3N2O4. The highest BCUT2D eigenvalue weighted by Crippen LogP contribution is 2.44. The van der Waals surface area contributed by atoms with Crippen LogP contribution in [0.2, 0.25) is 10.0 Å². The number of halogens is 5. The van der Waals surface area contributed by atoms with Crippen LogP contribution in [0, 0.1) is 5.92 Å². The second-order valence-electron chi connectivity index (χ2n) is 7.38. The number of aliphatic hydroxyl groups is 1. The van der Waals surface area contributed by atoms with E-state index in [9.17, 15) is 27.9 Å². The Morgan fingerprint density at radius 2 is 1.73 bits per heavy atom. The number of carbonyl (C=O) groups is 2. The van der Waals surface area contributed by atoms with Gasteiger partial charge in [0.05, 0.1) is 10.0 Å². The number of furan rings is 1. The first-order valence-electron chi connectivity index (χ1n) is 9.53. The summed E-state index contributed by atoms with van der Waals surface area (Å²) in [6, 6.07) is 11.6. The maximum Gasteiger partial charge on any atom is 0.437 e. The standard InChI is InChI=1S/C22H15Cl2F3N2O4/c23-13-7-6-12(10-14(13)24)15-8-9-16(33-15)18-17(19(30)11-4-2-1-3-5-11)21(32,22(25,26)27)29-20(31)28-18/h1-10,17-18,32H,(H2,28,29,31)/t17-,18+,21-/m0/s1. The molecule has 0 unspecified atom stereocenters. The first-order chi connectivity index (χ1) is 15.5. The molecule has 3 aromatic rings. The van der Waals surface area contributed by atoms with Crippen LogP contribution in [0.15, 0.2) is 65.1 Å². The summed E-state index contributed by atoms with van der Waals surface area (Å²) >= 11 is 11.9. The summed E-state index contributed by atoms with van der Waals surface area (Å²) < 4.78 is 47.6. The number of urea groups is 1. The number of nitrogens with one attached hydrogen (secondary N) is 2. The Kier molecular flexibility index (Phi) is 5.90. The van der Waals surface area contributed by atoms with Gasteiger partial charge in [-0.3, -0.25) is 4.79 Å². The Balaban J connectivity index is 1.81. The van der Waals surface area contributed by atoms with Crippen LogP contribution in [-0.4, -0.2) is 28.8 Å². The normalized spacial score (nSPS) is 23.0. The Morgan fingerprint density at radius 3 is 2.36 bits per heavy atom. The van der Waals surface area contributed by atoms with Crippen molar-refractivity contribution in [2.75, 3.05) is 0 Å². The van der Waals surface area contributed by atoms with E-state index in [1.54, 1.807) is 12.1 Å². The van der Waals surface area contributed by atoms with Gasteiger partial charge in [-0.25, -0.2) is 4.79 Å². The van der Waals surface area contributed by atoms with Crippen LogP contribution in [0.3, 0.4) is 0 Å². The van der Waals surface area contributed by atoms with Gasteiger partial charge in [-0.15, -0.1) is 0 Å². The monoisotopic (exact) mass is 498 g/mol. The number of rotatable bonds is 4. The van der Waals surface area contributed by atoms with Gasteiger partial charge >= 0.3 is 12.2 Å². The fourth-order valence-corrected chi connectivity index (χ4v) is 3.98. The van der Waals surface area contributed by atoms with Crippen LogP contribution in [0.1, 0.15) is 22.2 Å². The zero-order chi connectivity index (χ0) is 24.0. The number of ketones is 1. The second-order valence-corrected chi connectivity index (χ2v) is 8.19. The van der Waals surface area contributed by atoms with E-state index in [4.69, 9.17) is 27.6 Å². The van der Waals surface area contributed by atoms with Gasteiger partial charge in [-0.05, 0) is 30.3 Å². The van der Waals surface area contributed by atoms with Crippen molar-refractivity contribution < 1.29 is 32.3 Å². The van der Waals surface area contributed by atoms with Crippen LogP contribution < -0.4 is 10.6 Å². The molecule has 172 valence electrons. The lowest BCUT2D eigenvalue weighted by Gasteiger charge is -2.44. The van der Waals surface area contributed by atoms with E-state index in [0.717, 1.165) is 0 Å². The average Bonchev–Trinajstić information content (AvgIpc) is 3.25. The molecule has 0 saturated carbocycles. The summed E-state index contributed by atoms with van der Waals surface area (Å²) in [5, 5.41) is 14.9. The van der Waals surface area contributed by atoms with Crippen LogP contribution in [0.4, 0.5) is 18.0 Å².